The Balaban J connectivity index is 0. The lowest BCUT2D eigenvalue weighted by Crippen LogP contribution is -2.17. The Morgan fingerprint density at radius 1 is 1.00 bits per heavy atom. The van der Waals surface area contributed by atoms with Crippen molar-refractivity contribution < 1.29 is 23.7 Å². The van der Waals surface area contributed by atoms with E-state index in [1.807, 2.05) is 13.1 Å². The summed E-state index contributed by atoms with van der Waals surface area (Å²) < 4.78 is 20.5. The third-order valence-electron chi connectivity index (χ3n) is 2.17. The third-order valence-corrected chi connectivity index (χ3v) is 2.17. The smallest absolute Gasteiger partial charge is 0.308 e. The van der Waals surface area contributed by atoms with E-state index in [2.05, 4.69) is 5.32 Å². The lowest BCUT2D eigenvalue weighted by Gasteiger charge is -2.06. The Bertz CT molecular complexity index is 274. The van der Waals surface area contributed by atoms with Crippen LogP contribution in [0.4, 0.5) is 0 Å². The highest BCUT2D eigenvalue weighted by Crippen LogP contribution is 1.90. The maximum absolute atomic E-state index is 11.1. The van der Waals surface area contributed by atoms with Gasteiger partial charge in [-0.15, -0.1) is 12.4 Å². The molecule has 0 aromatic carbocycles. The van der Waals surface area contributed by atoms with Gasteiger partial charge in [0.25, 0.3) is 0 Å². The number of nitriles is 1. The number of carbonyl (C=O) groups is 1. The van der Waals surface area contributed by atoms with E-state index in [1.54, 1.807) is 0 Å². The Labute approximate surface area is 132 Å². The molecule has 0 fully saturated rings. The summed E-state index contributed by atoms with van der Waals surface area (Å²) in [5.74, 6) is -0.348. The average Bonchev–Trinajstić information content (AvgIpc) is 2.45. The number of hydrogen-bond donors (Lipinski definition) is 1. The van der Waals surface area contributed by atoms with Crippen molar-refractivity contribution in [3.05, 3.63) is 0 Å². The number of carbonyl (C=O) groups excluding carboxylic acids is 1. The zero-order chi connectivity index (χ0) is 14.9. The molecule has 0 aliphatic heterocycles. The van der Waals surface area contributed by atoms with Crippen LogP contribution in [0.15, 0.2) is 0 Å². The minimum atomic E-state index is -0.348. The molecule has 0 saturated carbocycles. The Kier molecular flexibility index (Phi) is 20.3. The molecular weight excluding hydrogens is 300 g/mol. The Hall–Kier alpha value is -0.910. The first-order valence-electron chi connectivity index (χ1n) is 6.71. The van der Waals surface area contributed by atoms with Gasteiger partial charge in [-0.1, -0.05) is 0 Å². The van der Waals surface area contributed by atoms with E-state index in [-0.39, 0.29) is 37.8 Å². The molecule has 7 nitrogen and oxygen atoms in total. The molecule has 0 unspecified atom stereocenters. The first-order chi connectivity index (χ1) is 9.81. The van der Waals surface area contributed by atoms with Gasteiger partial charge in [0.05, 0.1) is 58.6 Å². The summed E-state index contributed by atoms with van der Waals surface area (Å²) in [4.78, 5) is 11.1. The first-order valence-corrected chi connectivity index (χ1v) is 6.71. The first kappa shape index (κ1) is 22.4. The van der Waals surface area contributed by atoms with E-state index < -0.39 is 0 Å². The zero-order valence-corrected chi connectivity index (χ0v) is 13.3. The standard InChI is InChI=1S/C13H24N2O5.ClH/c1-15-5-8-18-10-12-19-11-9-17-7-3-13(16)20-6-2-4-14;/h15H,2-3,5-12H2,1H3;1H. The minimum Gasteiger partial charge on any atom is -0.465 e. The molecule has 0 aromatic rings. The van der Waals surface area contributed by atoms with Crippen molar-refractivity contribution in [1.29, 1.82) is 5.26 Å². The summed E-state index contributed by atoms with van der Waals surface area (Å²) >= 11 is 0. The molecule has 0 aliphatic rings. The molecule has 0 radical (unpaired) electrons. The fourth-order valence-corrected chi connectivity index (χ4v) is 1.15. The van der Waals surface area contributed by atoms with E-state index in [4.69, 9.17) is 24.2 Å². The maximum Gasteiger partial charge on any atom is 0.308 e. The van der Waals surface area contributed by atoms with E-state index in [9.17, 15) is 4.79 Å². The zero-order valence-electron chi connectivity index (χ0n) is 12.5. The monoisotopic (exact) mass is 324 g/mol. The number of likely N-dealkylation sites (N-methyl/N-ethyl adjacent to an activating group) is 1. The van der Waals surface area contributed by atoms with Crippen LogP contribution in [0.25, 0.3) is 0 Å². The molecule has 124 valence electrons. The SMILES string of the molecule is CNCCOCCOCCOCCC(=O)OCCC#N.Cl. The van der Waals surface area contributed by atoms with Crippen LogP contribution in [0.3, 0.4) is 0 Å². The van der Waals surface area contributed by atoms with E-state index in [0.29, 0.717) is 39.6 Å². The fraction of sp³-hybridized carbons (Fsp3) is 0.846. The van der Waals surface area contributed by atoms with Crippen molar-refractivity contribution in [3.8, 4) is 6.07 Å². The van der Waals surface area contributed by atoms with Crippen LogP contribution in [0.2, 0.25) is 0 Å². The predicted octanol–water partition coefficient (Wildman–Crippen LogP) is 0.524. The van der Waals surface area contributed by atoms with Crippen LogP contribution in [-0.4, -0.2) is 65.8 Å². The lowest BCUT2D eigenvalue weighted by molar-refractivity contribution is -0.144. The molecule has 0 saturated heterocycles. The molecule has 0 amide bonds. The predicted molar refractivity (Wildman–Crippen MR) is 79.4 cm³/mol. The second-order valence-corrected chi connectivity index (χ2v) is 3.82. The van der Waals surface area contributed by atoms with Crippen LogP contribution in [0.1, 0.15) is 12.8 Å². The summed E-state index contributed by atoms with van der Waals surface area (Å²) in [5, 5.41) is 11.2. The van der Waals surface area contributed by atoms with Crippen LogP contribution in [-0.2, 0) is 23.7 Å². The van der Waals surface area contributed by atoms with Crippen molar-refractivity contribution >= 4 is 18.4 Å². The summed E-state index contributed by atoms with van der Waals surface area (Å²) in [6, 6.07) is 1.90. The Morgan fingerprint density at radius 2 is 1.57 bits per heavy atom. The summed E-state index contributed by atoms with van der Waals surface area (Å²) in [6.45, 7) is 3.94. The molecule has 0 aromatic heterocycles. The van der Waals surface area contributed by atoms with Gasteiger partial charge >= 0.3 is 5.97 Å². The second-order valence-electron chi connectivity index (χ2n) is 3.82. The summed E-state index contributed by atoms with van der Waals surface area (Å²) in [5.41, 5.74) is 0. The van der Waals surface area contributed by atoms with Gasteiger partial charge in [-0.05, 0) is 7.05 Å². The number of hydrogen-bond acceptors (Lipinski definition) is 7. The van der Waals surface area contributed by atoms with Gasteiger partial charge in [-0.2, -0.15) is 5.26 Å². The Morgan fingerprint density at radius 3 is 2.14 bits per heavy atom. The van der Waals surface area contributed by atoms with Gasteiger partial charge in [0.1, 0.15) is 6.61 Å². The van der Waals surface area contributed by atoms with E-state index in [0.717, 1.165) is 6.54 Å². The minimum absolute atomic E-state index is 0. The van der Waals surface area contributed by atoms with Crippen LogP contribution >= 0.6 is 12.4 Å². The molecular formula is C13H25ClN2O5. The molecule has 0 spiro atoms. The van der Waals surface area contributed by atoms with Gasteiger partial charge in [0, 0.05) is 6.54 Å². The topological polar surface area (TPSA) is 89.8 Å². The number of esters is 1. The van der Waals surface area contributed by atoms with Crippen molar-refractivity contribution in [3.63, 3.8) is 0 Å². The van der Waals surface area contributed by atoms with Gasteiger partial charge in [-0.3, -0.25) is 4.79 Å². The fourth-order valence-electron chi connectivity index (χ4n) is 1.15. The molecule has 0 atom stereocenters. The van der Waals surface area contributed by atoms with Crippen molar-refractivity contribution in [2.24, 2.45) is 0 Å². The third kappa shape index (κ3) is 19.1. The van der Waals surface area contributed by atoms with Gasteiger partial charge in [0.15, 0.2) is 0 Å². The molecule has 0 bridgehead atoms. The molecule has 0 rings (SSSR count). The molecule has 8 heteroatoms. The van der Waals surface area contributed by atoms with E-state index >= 15 is 0 Å². The number of nitrogens with zero attached hydrogens (tertiary/aromatic N) is 1. The van der Waals surface area contributed by atoms with Crippen LogP contribution in [0, 0.1) is 11.3 Å². The summed E-state index contributed by atoms with van der Waals surface area (Å²) in [7, 11) is 1.87. The number of rotatable bonds is 14. The van der Waals surface area contributed by atoms with Crippen LogP contribution in [0.5, 0.6) is 0 Å². The maximum atomic E-state index is 11.1. The number of ether oxygens (including phenoxy) is 4. The normalized spacial score (nSPS) is 9.71. The molecule has 0 aliphatic carbocycles. The summed E-state index contributed by atoms with van der Waals surface area (Å²) in [6.07, 6.45) is 0.412. The van der Waals surface area contributed by atoms with Crippen LogP contribution < -0.4 is 5.32 Å². The van der Waals surface area contributed by atoms with Gasteiger partial charge < -0.3 is 24.3 Å². The number of nitrogens with one attached hydrogen (secondary N) is 1. The second kappa shape index (κ2) is 19.1. The quantitative estimate of drug-likeness (QED) is 0.368. The molecule has 1 N–H and O–H groups in total. The van der Waals surface area contributed by atoms with Gasteiger partial charge in [-0.25, -0.2) is 0 Å². The average molecular weight is 325 g/mol. The molecule has 0 heterocycles. The highest BCUT2D eigenvalue weighted by Gasteiger charge is 2.02. The highest BCUT2D eigenvalue weighted by atomic mass is 35.5. The number of halogens is 1. The molecule has 21 heavy (non-hydrogen) atoms. The largest absolute Gasteiger partial charge is 0.465 e. The highest BCUT2D eigenvalue weighted by molar-refractivity contribution is 5.85. The lowest BCUT2D eigenvalue weighted by atomic mass is 10.4. The van der Waals surface area contributed by atoms with Crippen molar-refractivity contribution in [1.82, 2.24) is 5.32 Å². The van der Waals surface area contributed by atoms with Crippen molar-refractivity contribution in [2.75, 3.05) is 59.8 Å². The van der Waals surface area contributed by atoms with E-state index in [1.165, 1.54) is 0 Å². The van der Waals surface area contributed by atoms with Crippen molar-refractivity contribution in [2.45, 2.75) is 12.8 Å². The van der Waals surface area contributed by atoms with Gasteiger partial charge in [0.2, 0.25) is 0 Å².